The molecule has 0 aromatic rings. The Balaban J connectivity index is 2.32. The molecule has 17 nitrogen and oxygen atoms in total. The number of phosphoric ester groups is 2. The molecule has 0 radical (unpaired) electrons. The molecule has 2 aliphatic heterocycles. The number of hydrogen-bond donors (Lipinski definition) is 7. The van der Waals surface area contributed by atoms with Crippen molar-refractivity contribution < 1.29 is 81.7 Å². The second-order valence-corrected chi connectivity index (χ2v) is 8.40. The van der Waals surface area contributed by atoms with Crippen LogP contribution in [0, 0.1) is 0 Å². The summed E-state index contributed by atoms with van der Waals surface area (Å²) in [6.45, 7) is -2.14. The van der Waals surface area contributed by atoms with Crippen LogP contribution in [-0.4, -0.2) is 96.6 Å². The van der Waals surface area contributed by atoms with Gasteiger partial charge in [0.1, 0.15) is 12.2 Å². The van der Waals surface area contributed by atoms with Crippen molar-refractivity contribution in [2.75, 3.05) is 13.2 Å². The van der Waals surface area contributed by atoms with Gasteiger partial charge in [-0.1, -0.05) is 0 Å². The number of rotatable bonds is 10. The molecule has 31 heavy (non-hydrogen) atoms. The average molecular weight is 494 g/mol. The molecule has 176 valence electrons. The summed E-state index contributed by atoms with van der Waals surface area (Å²) in [4.78, 5) is 63.1. The van der Waals surface area contributed by atoms with E-state index >= 15 is 0 Å². The Morgan fingerprint density at radius 1 is 0.903 bits per heavy atom. The highest BCUT2D eigenvalue weighted by atomic mass is 31.2. The molecule has 2 heterocycles. The highest BCUT2D eigenvalue weighted by molar-refractivity contribution is 7.47. The summed E-state index contributed by atoms with van der Waals surface area (Å²) in [5.74, 6) is -7.36. The highest BCUT2D eigenvalue weighted by Gasteiger charge is 2.53. The van der Waals surface area contributed by atoms with Gasteiger partial charge in [0.2, 0.25) is 17.6 Å². The van der Waals surface area contributed by atoms with Crippen LogP contribution in [0.15, 0.2) is 11.5 Å². The summed E-state index contributed by atoms with van der Waals surface area (Å²) >= 11 is 0. The van der Waals surface area contributed by atoms with Gasteiger partial charge in [0, 0.05) is 0 Å². The first-order chi connectivity index (χ1) is 14.2. The van der Waals surface area contributed by atoms with E-state index in [-0.39, 0.29) is 0 Å². The van der Waals surface area contributed by atoms with Crippen molar-refractivity contribution in [3.8, 4) is 0 Å². The fourth-order valence-electron chi connectivity index (χ4n) is 2.34. The Morgan fingerprint density at radius 3 is 1.97 bits per heavy atom. The van der Waals surface area contributed by atoms with Gasteiger partial charge in [0.05, 0.1) is 13.2 Å². The molecule has 0 aliphatic carbocycles. The van der Waals surface area contributed by atoms with Gasteiger partial charge in [0.15, 0.2) is 12.2 Å². The summed E-state index contributed by atoms with van der Waals surface area (Å²) in [5.41, 5.74) is 0. The molecule has 0 spiro atoms. The molecule has 19 heteroatoms. The van der Waals surface area contributed by atoms with Gasteiger partial charge >= 0.3 is 27.6 Å². The number of ketones is 1. The maximum atomic E-state index is 12.3. The predicted molar refractivity (Wildman–Crippen MR) is 86.9 cm³/mol. The third-order valence-corrected chi connectivity index (χ3v) is 4.96. The van der Waals surface area contributed by atoms with Crippen molar-refractivity contribution in [2.45, 2.75) is 30.5 Å². The Morgan fingerprint density at radius 2 is 1.45 bits per heavy atom. The van der Waals surface area contributed by atoms with Gasteiger partial charge in [-0.25, -0.2) is 18.7 Å². The summed E-state index contributed by atoms with van der Waals surface area (Å²) in [5, 5.41) is 36.9. The lowest BCUT2D eigenvalue weighted by Gasteiger charge is -2.21. The Hall–Kier alpha value is -1.91. The number of phosphoric acid groups is 2. The Kier molecular flexibility index (Phi) is 7.60. The third-order valence-electron chi connectivity index (χ3n) is 3.63. The summed E-state index contributed by atoms with van der Waals surface area (Å²) in [6, 6.07) is 0. The van der Waals surface area contributed by atoms with E-state index in [9.17, 15) is 38.6 Å². The van der Waals surface area contributed by atoms with E-state index in [4.69, 9.17) is 20.0 Å². The van der Waals surface area contributed by atoms with E-state index in [1.54, 1.807) is 0 Å². The van der Waals surface area contributed by atoms with Gasteiger partial charge in [0.25, 0.3) is 5.76 Å². The van der Waals surface area contributed by atoms with Crippen LogP contribution in [0.3, 0.4) is 0 Å². The zero-order valence-electron chi connectivity index (χ0n) is 14.9. The predicted octanol–water partition coefficient (Wildman–Crippen LogP) is -4.06. The first-order valence-corrected chi connectivity index (χ1v) is 11.0. The van der Waals surface area contributed by atoms with Crippen LogP contribution in [0.2, 0.25) is 0 Å². The molecule has 6 atom stereocenters. The number of carbonyl (C=O) groups excluding carboxylic acids is 3. The minimum absolute atomic E-state index is 1.01. The van der Waals surface area contributed by atoms with Gasteiger partial charge < -0.3 is 38.9 Å². The quantitative estimate of drug-likeness (QED) is 0.0864. The number of ether oxygens (including phenoxy) is 2. The van der Waals surface area contributed by atoms with Gasteiger partial charge in [-0.3, -0.25) is 24.0 Å². The van der Waals surface area contributed by atoms with Crippen LogP contribution in [0.1, 0.15) is 0 Å². The molecular weight excluding hydrogens is 478 g/mol. The van der Waals surface area contributed by atoms with Gasteiger partial charge in [-0.05, 0) is 0 Å². The normalized spacial score (nSPS) is 28.1. The lowest BCUT2D eigenvalue weighted by atomic mass is 10.1. The Bertz CT molecular complexity index is 874. The number of esters is 2. The maximum Gasteiger partial charge on any atom is 0.528 e. The minimum atomic E-state index is -5.63. The average Bonchev–Trinajstić information content (AvgIpc) is 3.10. The molecule has 7 N–H and O–H groups in total. The zero-order chi connectivity index (χ0) is 23.7. The zero-order valence-corrected chi connectivity index (χ0v) is 16.7. The second-order valence-electron chi connectivity index (χ2n) is 5.91. The van der Waals surface area contributed by atoms with Gasteiger partial charge in [-0.15, -0.1) is 0 Å². The first kappa shape index (κ1) is 25.4. The van der Waals surface area contributed by atoms with Gasteiger partial charge in [-0.2, -0.15) is 0 Å². The van der Waals surface area contributed by atoms with Crippen molar-refractivity contribution >= 4 is 33.4 Å². The van der Waals surface area contributed by atoms with E-state index < -0.39 is 88.6 Å². The maximum absolute atomic E-state index is 12.3. The van der Waals surface area contributed by atoms with E-state index in [1.165, 1.54) is 0 Å². The number of aliphatic hydroxyl groups is 4. The van der Waals surface area contributed by atoms with E-state index in [2.05, 4.69) is 23.0 Å². The molecule has 1 fully saturated rings. The van der Waals surface area contributed by atoms with Crippen LogP contribution in [0.4, 0.5) is 0 Å². The van der Waals surface area contributed by atoms with Crippen LogP contribution < -0.4 is 0 Å². The summed E-state index contributed by atoms with van der Waals surface area (Å²) in [7, 11) is -11.1. The molecule has 0 amide bonds. The molecule has 2 aliphatic rings. The number of aliphatic hydroxyl groups excluding tert-OH is 4. The summed E-state index contributed by atoms with van der Waals surface area (Å²) < 4.78 is 45.1. The number of carbonyl (C=O) groups is 3. The molecule has 2 rings (SSSR count). The molecule has 2 unspecified atom stereocenters. The molecule has 1 saturated heterocycles. The number of cyclic esters (lactones) is 2. The van der Waals surface area contributed by atoms with Crippen LogP contribution >= 0.6 is 15.6 Å². The van der Waals surface area contributed by atoms with Crippen molar-refractivity contribution in [3.63, 3.8) is 0 Å². The third kappa shape index (κ3) is 5.87. The summed E-state index contributed by atoms with van der Waals surface area (Å²) in [6.07, 6.45) is -10.4. The lowest BCUT2D eigenvalue weighted by molar-refractivity contribution is -0.151. The lowest BCUT2D eigenvalue weighted by Crippen LogP contribution is -2.37. The smallest absolute Gasteiger partial charge is 0.449 e. The fraction of sp³-hybridized carbons (Fsp3) is 0.583. The standard InChI is InChI=1S/C12H16O17P2/c13-1-3(15)6-5(17)8(11(18)25-6)28-31(23,24)29-9-7(4(16)2-14)26-12(19)10(9)27-30(20,21)22/h3-4,6-8,13-16H,1-2H2,(H,23,24)(H2,20,21,22)/t3-,4-,6+,7+,8?/m0/s1. The first-order valence-electron chi connectivity index (χ1n) is 7.94. The van der Waals surface area contributed by atoms with Crippen molar-refractivity contribution in [2.24, 2.45) is 0 Å². The van der Waals surface area contributed by atoms with Crippen molar-refractivity contribution in [1.82, 2.24) is 0 Å². The Labute approximate surface area is 171 Å². The monoisotopic (exact) mass is 494 g/mol. The molecule has 0 aromatic carbocycles. The second kappa shape index (κ2) is 9.30. The number of Topliss-reactive ketones (excluding diaryl/α,β-unsaturated/α-hetero) is 1. The number of hydrogen-bond acceptors (Lipinski definition) is 14. The largest absolute Gasteiger partial charge is 0.528 e. The van der Waals surface area contributed by atoms with Crippen LogP contribution in [0.25, 0.3) is 0 Å². The SMILES string of the molecule is O=C1O[C@H]([C@@H](O)CO)C(OP(=O)(O)OC2C(=O)O[C@H]([C@@H](O)CO)C2=O)=C1OP(=O)(O)O. The molecule has 0 aromatic heterocycles. The molecule has 0 saturated carbocycles. The van der Waals surface area contributed by atoms with Crippen LogP contribution in [0.5, 0.6) is 0 Å². The van der Waals surface area contributed by atoms with E-state index in [0.29, 0.717) is 0 Å². The van der Waals surface area contributed by atoms with Crippen LogP contribution in [-0.2, 0) is 46.6 Å². The van der Waals surface area contributed by atoms with E-state index in [0.717, 1.165) is 0 Å². The van der Waals surface area contributed by atoms with Crippen molar-refractivity contribution in [1.29, 1.82) is 0 Å². The van der Waals surface area contributed by atoms with E-state index in [1.807, 2.05) is 0 Å². The van der Waals surface area contributed by atoms with Crippen molar-refractivity contribution in [3.05, 3.63) is 11.5 Å². The fourth-order valence-corrected chi connectivity index (χ4v) is 3.68. The molecule has 0 bridgehead atoms. The highest BCUT2D eigenvalue weighted by Crippen LogP contribution is 2.52. The molecular formula is C12H16O17P2. The minimum Gasteiger partial charge on any atom is -0.449 e. The topological polar surface area (TPSA) is 273 Å².